The molecule has 2 rings (SSSR count). The summed E-state index contributed by atoms with van der Waals surface area (Å²) in [5, 5.41) is 11.8. The van der Waals surface area contributed by atoms with E-state index < -0.39 is 0 Å². The van der Waals surface area contributed by atoms with E-state index in [-0.39, 0.29) is 0 Å². The molecule has 1 aromatic carbocycles. The number of hydrogen-bond acceptors (Lipinski definition) is 4. The molecule has 18 heavy (non-hydrogen) atoms. The maximum Gasteiger partial charge on any atom is 0.155 e. The molecule has 2 N–H and O–H groups in total. The summed E-state index contributed by atoms with van der Waals surface area (Å²) in [6.07, 6.45) is 2.79. The predicted molar refractivity (Wildman–Crippen MR) is 70.1 cm³/mol. The van der Waals surface area contributed by atoms with Crippen molar-refractivity contribution < 1.29 is 0 Å². The van der Waals surface area contributed by atoms with E-state index >= 15 is 0 Å². The molecule has 0 spiro atoms. The Bertz CT molecular complexity index is 474. The maximum absolute atomic E-state index is 5.48. The molecule has 0 unspecified atom stereocenters. The minimum atomic E-state index is 0.718. The summed E-state index contributed by atoms with van der Waals surface area (Å²) in [7, 11) is 0. The number of hydrogen-bond donors (Lipinski definition) is 1. The van der Waals surface area contributed by atoms with Crippen molar-refractivity contribution in [1.82, 2.24) is 20.2 Å². The first kappa shape index (κ1) is 12.7. The summed E-state index contributed by atoms with van der Waals surface area (Å²) in [5.74, 6) is 0.913. The van der Waals surface area contributed by atoms with E-state index in [4.69, 9.17) is 5.73 Å². The van der Waals surface area contributed by atoms with Gasteiger partial charge >= 0.3 is 0 Å². The van der Waals surface area contributed by atoms with Crippen LogP contribution in [0.1, 0.15) is 29.8 Å². The summed E-state index contributed by atoms with van der Waals surface area (Å²) in [4.78, 5) is 0. The summed E-state index contributed by atoms with van der Waals surface area (Å²) < 4.78 is 1.87. The van der Waals surface area contributed by atoms with Crippen molar-refractivity contribution in [3.63, 3.8) is 0 Å². The van der Waals surface area contributed by atoms with Crippen molar-refractivity contribution >= 4 is 0 Å². The van der Waals surface area contributed by atoms with Gasteiger partial charge in [0.2, 0.25) is 0 Å². The molecule has 1 heterocycles. The van der Waals surface area contributed by atoms with Gasteiger partial charge in [-0.05, 0) is 42.3 Å². The second kappa shape index (κ2) is 6.26. The average molecular weight is 245 g/mol. The molecule has 0 bridgehead atoms. The van der Waals surface area contributed by atoms with Gasteiger partial charge in [-0.2, -0.15) is 0 Å². The SMILES string of the molecule is Cc1ccc(Cc2nnnn2CCCCN)cc1. The Hall–Kier alpha value is -1.75. The van der Waals surface area contributed by atoms with Gasteiger partial charge in [0.25, 0.3) is 0 Å². The topological polar surface area (TPSA) is 69.6 Å². The Kier molecular flexibility index (Phi) is 4.41. The number of nitrogens with zero attached hydrogens (tertiary/aromatic N) is 4. The molecular weight excluding hydrogens is 226 g/mol. The highest BCUT2D eigenvalue weighted by molar-refractivity contribution is 5.23. The number of aryl methyl sites for hydroxylation is 2. The fraction of sp³-hybridized carbons (Fsp3) is 0.462. The van der Waals surface area contributed by atoms with E-state index in [9.17, 15) is 0 Å². The molecule has 96 valence electrons. The molecule has 0 saturated heterocycles. The zero-order chi connectivity index (χ0) is 12.8. The van der Waals surface area contributed by atoms with Crippen molar-refractivity contribution in [3.05, 3.63) is 41.2 Å². The third kappa shape index (κ3) is 3.37. The molecule has 1 aromatic heterocycles. The van der Waals surface area contributed by atoms with Crippen LogP contribution in [0, 0.1) is 6.92 Å². The molecule has 5 heteroatoms. The predicted octanol–water partition coefficient (Wildman–Crippen LogP) is 1.31. The molecule has 0 radical (unpaired) electrons. The van der Waals surface area contributed by atoms with Gasteiger partial charge in [0.1, 0.15) is 0 Å². The second-order valence-corrected chi connectivity index (χ2v) is 4.48. The molecule has 0 aliphatic rings. The van der Waals surface area contributed by atoms with Crippen molar-refractivity contribution in [2.75, 3.05) is 6.54 Å². The highest BCUT2D eigenvalue weighted by Gasteiger charge is 2.06. The van der Waals surface area contributed by atoms with Crippen molar-refractivity contribution in [2.45, 2.75) is 32.7 Å². The van der Waals surface area contributed by atoms with Crippen LogP contribution >= 0.6 is 0 Å². The van der Waals surface area contributed by atoms with E-state index in [1.54, 1.807) is 0 Å². The molecule has 0 aliphatic heterocycles. The smallest absolute Gasteiger partial charge is 0.155 e. The fourth-order valence-electron chi connectivity index (χ4n) is 1.82. The van der Waals surface area contributed by atoms with Crippen LogP contribution in [0.5, 0.6) is 0 Å². The Morgan fingerprint density at radius 1 is 1.17 bits per heavy atom. The Morgan fingerprint density at radius 2 is 1.94 bits per heavy atom. The molecule has 5 nitrogen and oxygen atoms in total. The van der Waals surface area contributed by atoms with Crippen LogP contribution in [-0.2, 0) is 13.0 Å². The van der Waals surface area contributed by atoms with Gasteiger partial charge in [-0.25, -0.2) is 4.68 Å². The van der Waals surface area contributed by atoms with Crippen molar-refractivity contribution in [2.24, 2.45) is 5.73 Å². The van der Waals surface area contributed by atoms with Gasteiger partial charge < -0.3 is 5.73 Å². The number of aromatic nitrogens is 4. The first-order valence-corrected chi connectivity index (χ1v) is 6.30. The molecule has 0 atom stereocenters. The lowest BCUT2D eigenvalue weighted by atomic mass is 10.1. The Labute approximate surface area is 107 Å². The highest BCUT2D eigenvalue weighted by atomic mass is 15.5. The minimum Gasteiger partial charge on any atom is -0.330 e. The second-order valence-electron chi connectivity index (χ2n) is 4.48. The largest absolute Gasteiger partial charge is 0.330 e. The normalized spacial score (nSPS) is 10.8. The third-order valence-electron chi connectivity index (χ3n) is 2.91. The summed E-state index contributed by atoms with van der Waals surface area (Å²) >= 11 is 0. The molecule has 2 aromatic rings. The van der Waals surface area contributed by atoms with E-state index in [1.165, 1.54) is 11.1 Å². The van der Waals surface area contributed by atoms with Crippen LogP contribution < -0.4 is 5.73 Å². The first-order chi connectivity index (χ1) is 8.79. The molecule has 0 saturated carbocycles. The van der Waals surface area contributed by atoms with Crippen molar-refractivity contribution in [1.29, 1.82) is 0 Å². The minimum absolute atomic E-state index is 0.718. The van der Waals surface area contributed by atoms with E-state index in [1.807, 2.05) is 4.68 Å². The van der Waals surface area contributed by atoms with E-state index in [0.717, 1.165) is 38.2 Å². The molecule has 0 amide bonds. The van der Waals surface area contributed by atoms with Crippen LogP contribution in [0.2, 0.25) is 0 Å². The van der Waals surface area contributed by atoms with Gasteiger partial charge in [-0.1, -0.05) is 29.8 Å². The average Bonchev–Trinajstić information content (AvgIpc) is 2.80. The zero-order valence-corrected chi connectivity index (χ0v) is 10.7. The van der Waals surface area contributed by atoms with Gasteiger partial charge in [-0.15, -0.1) is 5.10 Å². The van der Waals surface area contributed by atoms with Crippen LogP contribution in [0.4, 0.5) is 0 Å². The number of rotatable bonds is 6. The van der Waals surface area contributed by atoms with E-state index in [0.29, 0.717) is 0 Å². The number of unbranched alkanes of at least 4 members (excludes halogenated alkanes) is 1. The Balaban J connectivity index is 2.00. The third-order valence-corrected chi connectivity index (χ3v) is 2.91. The standard InChI is InChI=1S/C13H19N5/c1-11-4-6-12(7-5-11)10-13-15-16-17-18(13)9-3-2-8-14/h4-7H,2-3,8-10,14H2,1H3. The quantitative estimate of drug-likeness (QED) is 0.779. The van der Waals surface area contributed by atoms with E-state index in [2.05, 4.69) is 46.7 Å². The highest BCUT2D eigenvalue weighted by Crippen LogP contribution is 2.08. The molecule has 0 fully saturated rings. The van der Waals surface area contributed by atoms with Crippen LogP contribution in [0.15, 0.2) is 24.3 Å². The number of nitrogens with two attached hydrogens (primary N) is 1. The van der Waals surface area contributed by atoms with Gasteiger partial charge in [0.05, 0.1) is 0 Å². The lowest BCUT2D eigenvalue weighted by Crippen LogP contribution is -2.08. The van der Waals surface area contributed by atoms with Crippen LogP contribution in [-0.4, -0.2) is 26.8 Å². The van der Waals surface area contributed by atoms with Crippen molar-refractivity contribution in [3.8, 4) is 0 Å². The van der Waals surface area contributed by atoms with Gasteiger partial charge in [-0.3, -0.25) is 0 Å². The first-order valence-electron chi connectivity index (χ1n) is 6.30. The van der Waals surface area contributed by atoms with Crippen LogP contribution in [0.25, 0.3) is 0 Å². The maximum atomic E-state index is 5.48. The Morgan fingerprint density at radius 3 is 2.67 bits per heavy atom. The van der Waals surface area contributed by atoms with Gasteiger partial charge in [0, 0.05) is 13.0 Å². The van der Waals surface area contributed by atoms with Gasteiger partial charge in [0.15, 0.2) is 5.82 Å². The lowest BCUT2D eigenvalue weighted by Gasteiger charge is -2.04. The summed E-state index contributed by atoms with van der Waals surface area (Å²) in [6.45, 7) is 3.64. The zero-order valence-electron chi connectivity index (χ0n) is 10.7. The number of tetrazole rings is 1. The van der Waals surface area contributed by atoms with Crippen LogP contribution in [0.3, 0.4) is 0 Å². The fourth-order valence-corrected chi connectivity index (χ4v) is 1.82. The summed E-state index contributed by atoms with van der Waals surface area (Å²) in [5.41, 5.74) is 7.98. The number of benzene rings is 1. The summed E-state index contributed by atoms with van der Waals surface area (Å²) in [6, 6.07) is 8.46. The lowest BCUT2D eigenvalue weighted by molar-refractivity contribution is 0.529. The monoisotopic (exact) mass is 245 g/mol. The molecular formula is C13H19N5. The molecule has 0 aliphatic carbocycles.